The first-order chi connectivity index (χ1) is 10.7. The highest BCUT2D eigenvalue weighted by Gasteiger charge is 2.06. The lowest BCUT2D eigenvalue weighted by Crippen LogP contribution is -2.05. The summed E-state index contributed by atoms with van der Waals surface area (Å²) in [5.41, 5.74) is 7.01. The van der Waals surface area contributed by atoms with E-state index < -0.39 is 5.91 Å². The average Bonchev–Trinajstić information content (AvgIpc) is 2.53. The van der Waals surface area contributed by atoms with E-state index in [-0.39, 0.29) is 0 Å². The van der Waals surface area contributed by atoms with Gasteiger partial charge in [-0.15, -0.1) is 0 Å². The molecule has 0 aliphatic carbocycles. The predicted molar refractivity (Wildman–Crippen MR) is 86.6 cm³/mol. The molecule has 2 aromatic rings. The maximum atomic E-state index is 10.8. The number of hydrogen-bond acceptors (Lipinski definition) is 3. The summed E-state index contributed by atoms with van der Waals surface area (Å²) in [4.78, 5) is 10.8. The lowest BCUT2D eigenvalue weighted by atomic mass is 10.2. The summed E-state index contributed by atoms with van der Waals surface area (Å²) in [7, 11) is 0. The van der Waals surface area contributed by atoms with Crippen molar-refractivity contribution in [1.29, 1.82) is 0 Å². The van der Waals surface area contributed by atoms with Gasteiger partial charge in [-0.25, -0.2) is 0 Å². The van der Waals surface area contributed by atoms with Crippen LogP contribution in [0.5, 0.6) is 11.5 Å². The van der Waals surface area contributed by atoms with Crippen LogP contribution in [0.4, 0.5) is 0 Å². The van der Waals surface area contributed by atoms with Gasteiger partial charge in [0, 0.05) is 6.08 Å². The molecule has 0 saturated carbocycles. The Kier molecular flexibility index (Phi) is 5.60. The van der Waals surface area contributed by atoms with Crippen LogP contribution in [-0.2, 0) is 11.4 Å². The molecule has 0 aromatic heterocycles. The summed E-state index contributed by atoms with van der Waals surface area (Å²) in [5, 5.41) is 0. The Morgan fingerprint density at radius 3 is 2.55 bits per heavy atom. The summed E-state index contributed by atoms with van der Waals surface area (Å²) in [6.45, 7) is 2.91. The standard InChI is InChI=1S/C18H19NO3/c1-2-21-17-12-14(9-11-18(19)20)8-10-16(17)22-13-15-6-4-3-5-7-15/h3-12H,2,13H2,1H3,(H2,19,20)/b11-9-. The molecule has 0 saturated heterocycles. The SMILES string of the molecule is CCOc1cc(/C=C\C(N)=O)ccc1OCc1ccccc1. The maximum Gasteiger partial charge on any atom is 0.241 e. The van der Waals surface area contributed by atoms with Crippen molar-refractivity contribution < 1.29 is 14.3 Å². The third-order valence-corrected chi connectivity index (χ3v) is 2.94. The lowest BCUT2D eigenvalue weighted by molar-refractivity contribution is -0.113. The molecule has 0 radical (unpaired) electrons. The molecular weight excluding hydrogens is 278 g/mol. The number of ether oxygens (including phenoxy) is 2. The van der Waals surface area contributed by atoms with Crippen molar-refractivity contribution in [2.45, 2.75) is 13.5 Å². The smallest absolute Gasteiger partial charge is 0.241 e. The van der Waals surface area contributed by atoms with Crippen LogP contribution in [0.3, 0.4) is 0 Å². The minimum Gasteiger partial charge on any atom is -0.490 e. The topological polar surface area (TPSA) is 61.5 Å². The van der Waals surface area contributed by atoms with Gasteiger partial charge in [-0.2, -0.15) is 0 Å². The molecule has 4 nitrogen and oxygen atoms in total. The van der Waals surface area contributed by atoms with Crippen LogP contribution in [-0.4, -0.2) is 12.5 Å². The molecule has 0 spiro atoms. The normalized spacial score (nSPS) is 10.6. The van der Waals surface area contributed by atoms with Crippen LogP contribution in [0.1, 0.15) is 18.1 Å². The van der Waals surface area contributed by atoms with E-state index in [0.717, 1.165) is 11.1 Å². The van der Waals surface area contributed by atoms with Gasteiger partial charge in [0.15, 0.2) is 11.5 Å². The van der Waals surface area contributed by atoms with Crippen molar-refractivity contribution in [3.05, 3.63) is 65.7 Å². The van der Waals surface area contributed by atoms with Crippen molar-refractivity contribution >= 4 is 12.0 Å². The molecule has 0 atom stereocenters. The molecule has 1 amide bonds. The fourth-order valence-electron chi connectivity index (χ4n) is 1.93. The van der Waals surface area contributed by atoms with Gasteiger partial charge in [0.05, 0.1) is 6.61 Å². The quantitative estimate of drug-likeness (QED) is 0.798. The Morgan fingerprint density at radius 2 is 1.86 bits per heavy atom. The minimum atomic E-state index is -0.484. The summed E-state index contributed by atoms with van der Waals surface area (Å²) in [5.74, 6) is 0.828. The van der Waals surface area contributed by atoms with E-state index in [1.807, 2.05) is 55.5 Å². The molecule has 2 rings (SSSR count). The molecule has 0 fully saturated rings. The van der Waals surface area contributed by atoms with E-state index in [0.29, 0.717) is 24.7 Å². The second kappa shape index (κ2) is 7.88. The van der Waals surface area contributed by atoms with Gasteiger partial charge in [0.25, 0.3) is 0 Å². The molecule has 2 N–H and O–H groups in total. The monoisotopic (exact) mass is 297 g/mol. The predicted octanol–water partition coefficient (Wildman–Crippen LogP) is 3.16. The number of hydrogen-bond donors (Lipinski definition) is 1. The highest BCUT2D eigenvalue weighted by atomic mass is 16.5. The lowest BCUT2D eigenvalue weighted by Gasteiger charge is -2.12. The molecule has 4 heteroatoms. The highest BCUT2D eigenvalue weighted by molar-refractivity contribution is 5.90. The van der Waals surface area contributed by atoms with Crippen molar-refractivity contribution in [3.63, 3.8) is 0 Å². The second-order valence-corrected chi connectivity index (χ2v) is 4.65. The minimum absolute atomic E-state index is 0.470. The van der Waals surface area contributed by atoms with Crippen LogP contribution in [0.15, 0.2) is 54.6 Å². The Balaban J connectivity index is 2.14. The Morgan fingerprint density at radius 1 is 1.09 bits per heavy atom. The summed E-state index contributed by atoms with van der Waals surface area (Å²) < 4.78 is 11.4. The molecule has 114 valence electrons. The van der Waals surface area contributed by atoms with E-state index in [1.165, 1.54) is 6.08 Å². The van der Waals surface area contributed by atoms with Crippen LogP contribution < -0.4 is 15.2 Å². The molecular formula is C18H19NO3. The number of primary amides is 1. The van der Waals surface area contributed by atoms with Gasteiger partial charge >= 0.3 is 0 Å². The van der Waals surface area contributed by atoms with Gasteiger partial charge in [-0.3, -0.25) is 4.79 Å². The third-order valence-electron chi connectivity index (χ3n) is 2.94. The fourth-order valence-corrected chi connectivity index (χ4v) is 1.93. The Bertz CT molecular complexity index is 651. The fraction of sp³-hybridized carbons (Fsp3) is 0.167. The second-order valence-electron chi connectivity index (χ2n) is 4.65. The third kappa shape index (κ3) is 4.66. The van der Waals surface area contributed by atoms with E-state index in [4.69, 9.17) is 15.2 Å². The van der Waals surface area contributed by atoms with Gasteiger partial charge < -0.3 is 15.2 Å². The van der Waals surface area contributed by atoms with Crippen molar-refractivity contribution in [3.8, 4) is 11.5 Å². The summed E-state index contributed by atoms with van der Waals surface area (Å²) >= 11 is 0. The zero-order valence-electron chi connectivity index (χ0n) is 12.5. The highest BCUT2D eigenvalue weighted by Crippen LogP contribution is 2.29. The van der Waals surface area contributed by atoms with Crippen molar-refractivity contribution in [2.75, 3.05) is 6.61 Å². The van der Waals surface area contributed by atoms with Crippen LogP contribution in [0.2, 0.25) is 0 Å². The van der Waals surface area contributed by atoms with Gasteiger partial charge in [-0.05, 0) is 36.3 Å². The average molecular weight is 297 g/mol. The largest absolute Gasteiger partial charge is 0.490 e. The van der Waals surface area contributed by atoms with Gasteiger partial charge in [0.1, 0.15) is 6.61 Å². The molecule has 0 unspecified atom stereocenters. The number of rotatable bonds is 7. The van der Waals surface area contributed by atoms with Crippen molar-refractivity contribution in [2.24, 2.45) is 5.73 Å². The first kappa shape index (κ1) is 15.6. The number of benzene rings is 2. The van der Waals surface area contributed by atoms with E-state index in [2.05, 4.69) is 0 Å². The number of carbonyl (C=O) groups excluding carboxylic acids is 1. The van der Waals surface area contributed by atoms with E-state index in [9.17, 15) is 4.79 Å². The summed E-state index contributed by atoms with van der Waals surface area (Å²) in [6.07, 6.45) is 2.96. The van der Waals surface area contributed by atoms with Crippen LogP contribution in [0.25, 0.3) is 6.08 Å². The van der Waals surface area contributed by atoms with Crippen LogP contribution in [0, 0.1) is 0 Å². The molecule has 0 bridgehead atoms. The zero-order valence-corrected chi connectivity index (χ0v) is 12.5. The number of carbonyl (C=O) groups is 1. The number of nitrogens with two attached hydrogens (primary N) is 1. The summed E-state index contributed by atoms with van der Waals surface area (Å²) in [6, 6.07) is 15.4. The molecule has 22 heavy (non-hydrogen) atoms. The van der Waals surface area contributed by atoms with Gasteiger partial charge in [-0.1, -0.05) is 36.4 Å². The zero-order chi connectivity index (χ0) is 15.8. The van der Waals surface area contributed by atoms with Gasteiger partial charge in [0.2, 0.25) is 5.91 Å². The molecule has 2 aromatic carbocycles. The first-order valence-corrected chi connectivity index (χ1v) is 7.10. The Labute approximate surface area is 130 Å². The van der Waals surface area contributed by atoms with Crippen molar-refractivity contribution in [1.82, 2.24) is 0 Å². The first-order valence-electron chi connectivity index (χ1n) is 7.10. The van der Waals surface area contributed by atoms with E-state index in [1.54, 1.807) is 6.08 Å². The number of amides is 1. The molecule has 0 heterocycles. The van der Waals surface area contributed by atoms with Crippen LogP contribution >= 0.6 is 0 Å². The molecule has 0 aliphatic rings. The van der Waals surface area contributed by atoms with E-state index >= 15 is 0 Å². The Hall–Kier alpha value is -2.75. The maximum absolute atomic E-state index is 10.8. The molecule has 0 aliphatic heterocycles.